The van der Waals surface area contributed by atoms with Crippen LogP contribution in [0.5, 0.6) is 5.75 Å². The fraction of sp³-hybridized carbons (Fsp3) is 0.500. The molecule has 0 heterocycles. The van der Waals surface area contributed by atoms with Crippen molar-refractivity contribution in [3.63, 3.8) is 0 Å². The SMILES string of the molecule is CCc1cccc(OCC(=O)NC(C(=O)O)C(C)(C)C)c1. The fourth-order valence-corrected chi connectivity index (χ4v) is 1.86. The minimum absolute atomic E-state index is 0.201. The fourth-order valence-electron chi connectivity index (χ4n) is 1.86. The van der Waals surface area contributed by atoms with Gasteiger partial charge in [-0.25, -0.2) is 4.79 Å². The van der Waals surface area contributed by atoms with Gasteiger partial charge >= 0.3 is 5.97 Å². The Labute approximate surface area is 125 Å². The summed E-state index contributed by atoms with van der Waals surface area (Å²) in [5.41, 5.74) is 0.551. The number of benzene rings is 1. The molecule has 0 saturated heterocycles. The number of carboxylic acids is 1. The number of carbonyl (C=O) groups is 2. The number of aryl methyl sites for hydroxylation is 1. The Morgan fingerprint density at radius 1 is 1.33 bits per heavy atom. The van der Waals surface area contributed by atoms with E-state index in [1.165, 1.54) is 0 Å². The van der Waals surface area contributed by atoms with Crippen LogP contribution < -0.4 is 10.1 Å². The molecule has 1 amide bonds. The number of hydrogen-bond acceptors (Lipinski definition) is 3. The van der Waals surface area contributed by atoms with Gasteiger partial charge in [-0.2, -0.15) is 0 Å². The van der Waals surface area contributed by atoms with Crippen LogP contribution in [0.4, 0.5) is 0 Å². The van der Waals surface area contributed by atoms with Crippen LogP contribution in [0.2, 0.25) is 0 Å². The van der Waals surface area contributed by atoms with Crippen LogP contribution in [0, 0.1) is 5.41 Å². The van der Waals surface area contributed by atoms with Crippen LogP contribution in [0.1, 0.15) is 33.3 Å². The van der Waals surface area contributed by atoms with E-state index in [0.29, 0.717) is 5.75 Å². The highest BCUT2D eigenvalue weighted by atomic mass is 16.5. The molecule has 2 N–H and O–H groups in total. The van der Waals surface area contributed by atoms with Gasteiger partial charge in [0, 0.05) is 0 Å². The van der Waals surface area contributed by atoms with Crippen molar-refractivity contribution in [2.24, 2.45) is 5.41 Å². The van der Waals surface area contributed by atoms with Gasteiger partial charge in [0.2, 0.25) is 0 Å². The molecule has 1 aromatic carbocycles. The van der Waals surface area contributed by atoms with Crippen LogP contribution in [0.3, 0.4) is 0 Å². The second kappa shape index (κ2) is 7.11. The van der Waals surface area contributed by atoms with Gasteiger partial charge in [-0.05, 0) is 29.5 Å². The number of carboxylic acid groups (broad SMARTS) is 1. The van der Waals surface area contributed by atoms with E-state index in [0.717, 1.165) is 12.0 Å². The molecule has 0 saturated carbocycles. The molecule has 0 aliphatic rings. The largest absolute Gasteiger partial charge is 0.484 e. The lowest BCUT2D eigenvalue weighted by atomic mass is 9.87. The topological polar surface area (TPSA) is 75.6 Å². The van der Waals surface area contributed by atoms with Gasteiger partial charge in [0.1, 0.15) is 11.8 Å². The van der Waals surface area contributed by atoms with Crippen molar-refractivity contribution in [3.05, 3.63) is 29.8 Å². The number of nitrogens with one attached hydrogen (secondary N) is 1. The highest BCUT2D eigenvalue weighted by Gasteiger charge is 2.32. The Morgan fingerprint density at radius 3 is 2.52 bits per heavy atom. The number of hydrogen-bond donors (Lipinski definition) is 2. The van der Waals surface area contributed by atoms with Gasteiger partial charge in [0.15, 0.2) is 6.61 Å². The number of carbonyl (C=O) groups excluding carboxylic acids is 1. The minimum Gasteiger partial charge on any atom is -0.484 e. The standard InChI is InChI=1S/C16H23NO4/c1-5-11-7-6-8-12(9-11)21-10-13(18)17-14(15(19)20)16(2,3)4/h6-9,14H,5,10H2,1-4H3,(H,17,18)(H,19,20). The average Bonchev–Trinajstić information content (AvgIpc) is 2.41. The molecule has 1 atom stereocenters. The lowest BCUT2D eigenvalue weighted by Crippen LogP contribution is -2.50. The van der Waals surface area contributed by atoms with Crippen LogP contribution in [0.25, 0.3) is 0 Å². The first-order valence-electron chi connectivity index (χ1n) is 6.98. The Morgan fingerprint density at radius 2 is 2.00 bits per heavy atom. The van der Waals surface area contributed by atoms with Crippen molar-refractivity contribution in [1.29, 1.82) is 0 Å². The number of ether oxygens (including phenoxy) is 1. The normalized spacial score (nSPS) is 12.6. The van der Waals surface area contributed by atoms with Crippen molar-refractivity contribution in [2.45, 2.75) is 40.2 Å². The van der Waals surface area contributed by atoms with Gasteiger partial charge in [0.25, 0.3) is 5.91 Å². The van der Waals surface area contributed by atoms with Crippen LogP contribution >= 0.6 is 0 Å². The molecule has 0 aliphatic carbocycles. The molecule has 1 aromatic rings. The van der Waals surface area contributed by atoms with E-state index in [-0.39, 0.29) is 6.61 Å². The third kappa shape index (κ3) is 5.45. The van der Waals surface area contributed by atoms with Gasteiger partial charge in [-0.3, -0.25) is 4.79 Å². The van der Waals surface area contributed by atoms with Gasteiger partial charge < -0.3 is 15.2 Å². The van der Waals surface area contributed by atoms with Gasteiger partial charge in [-0.1, -0.05) is 39.8 Å². The molecular formula is C16H23NO4. The predicted molar refractivity (Wildman–Crippen MR) is 80.3 cm³/mol. The van der Waals surface area contributed by atoms with E-state index < -0.39 is 23.3 Å². The van der Waals surface area contributed by atoms with E-state index in [1.54, 1.807) is 26.8 Å². The van der Waals surface area contributed by atoms with E-state index in [4.69, 9.17) is 9.84 Å². The molecule has 0 radical (unpaired) electrons. The van der Waals surface area contributed by atoms with Crippen molar-refractivity contribution in [1.82, 2.24) is 5.32 Å². The molecule has 1 unspecified atom stereocenters. The first kappa shape index (κ1) is 17.0. The number of amides is 1. The lowest BCUT2D eigenvalue weighted by Gasteiger charge is -2.27. The maximum Gasteiger partial charge on any atom is 0.326 e. The summed E-state index contributed by atoms with van der Waals surface area (Å²) in [7, 11) is 0. The minimum atomic E-state index is -1.05. The molecule has 5 nitrogen and oxygen atoms in total. The first-order chi connectivity index (χ1) is 9.74. The predicted octanol–water partition coefficient (Wildman–Crippen LogP) is 2.24. The summed E-state index contributed by atoms with van der Waals surface area (Å²) in [6.07, 6.45) is 0.883. The zero-order valence-corrected chi connectivity index (χ0v) is 13.0. The Balaban J connectivity index is 2.59. The molecule has 5 heteroatoms. The average molecular weight is 293 g/mol. The molecule has 0 bridgehead atoms. The Kier molecular flexibility index (Phi) is 5.76. The highest BCUT2D eigenvalue weighted by Crippen LogP contribution is 2.19. The zero-order valence-electron chi connectivity index (χ0n) is 13.0. The number of rotatable bonds is 6. The summed E-state index contributed by atoms with van der Waals surface area (Å²) in [6, 6.07) is 6.53. The Hall–Kier alpha value is -2.04. The summed E-state index contributed by atoms with van der Waals surface area (Å²) in [6.45, 7) is 7.12. The van der Waals surface area contributed by atoms with Crippen molar-refractivity contribution in [3.8, 4) is 5.75 Å². The number of aliphatic carboxylic acids is 1. The first-order valence-corrected chi connectivity index (χ1v) is 6.98. The molecule has 21 heavy (non-hydrogen) atoms. The van der Waals surface area contributed by atoms with Crippen LogP contribution in [-0.2, 0) is 16.0 Å². The molecule has 0 aromatic heterocycles. The third-order valence-electron chi connectivity index (χ3n) is 3.09. The van der Waals surface area contributed by atoms with E-state index in [2.05, 4.69) is 5.32 Å². The smallest absolute Gasteiger partial charge is 0.326 e. The molecule has 1 rings (SSSR count). The Bertz CT molecular complexity index is 505. The molecule has 116 valence electrons. The van der Waals surface area contributed by atoms with E-state index in [9.17, 15) is 9.59 Å². The van der Waals surface area contributed by atoms with E-state index >= 15 is 0 Å². The maximum atomic E-state index is 11.8. The molecular weight excluding hydrogens is 270 g/mol. The summed E-state index contributed by atoms with van der Waals surface area (Å²) in [5.74, 6) is -0.893. The summed E-state index contributed by atoms with van der Waals surface area (Å²) < 4.78 is 5.40. The van der Waals surface area contributed by atoms with Crippen LogP contribution in [0.15, 0.2) is 24.3 Å². The summed E-state index contributed by atoms with van der Waals surface area (Å²) in [4.78, 5) is 23.0. The zero-order chi connectivity index (χ0) is 16.0. The maximum absolute atomic E-state index is 11.8. The molecule has 0 aliphatic heterocycles. The highest BCUT2D eigenvalue weighted by molar-refractivity contribution is 5.84. The second-order valence-corrected chi connectivity index (χ2v) is 5.99. The van der Waals surface area contributed by atoms with Gasteiger partial charge in [0.05, 0.1) is 0 Å². The van der Waals surface area contributed by atoms with E-state index in [1.807, 2.05) is 25.1 Å². The lowest BCUT2D eigenvalue weighted by molar-refractivity contribution is -0.145. The van der Waals surface area contributed by atoms with Crippen molar-refractivity contribution >= 4 is 11.9 Å². The van der Waals surface area contributed by atoms with Crippen molar-refractivity contribution < 1.29 is 19.4 Å². The van der Waals surface area contributed by atoms with Crippen molar-refractivity contribution in [2.75, 3.05) is 6.61 Å². The molecule has 0 fully saturated rings. The summed E-state index contributed by atoms with van der Waals surface area (Å²) in [5, 5.41) is 11.6. The summed E-state index contributed by atoms with van der Waals surface area (Å²) >= 11 is 0. The molecule has 0 spiro atoms. The monoisotopic (exact) mass is 293 g/mol. The second-order valence-electron chi connectivity index (χ2n) is 5.99. The van der Waals surface area contributed by atoms with Gasteiger partial charge in [-0.15, -0.1) is 0 Å². The third-order valence-corrected chi connectivity index (χ3v) is 3.09. The van der Waals surface area contributed by atoms with Crippen LogP contribution in [-0.4, -0.2) is 29.6 Å². The quantitative estimate of drug-likeness (QED) is 0.843.